The minimum absolute atomic E-state index is 0.00128. The molecule has 0 amide bonds. The first kappa shape index (κ1) is 23.7. The zero-order valence-electron chi connectivity index (χ0n) is 18.1. The number of nitrogens with zero attached hydrogens (tertiary/aromatic N) is 6. The first-order valence-electron chi connectivity index (χ1n) is 10.8. The minimum Gasteiger partial charge on any atom is -0.341 e. The predicted octanol–water partition coefficient (Wildman–Crippen LogP) is 5.66. The van der Waals surface area contributed by atoms with E-state index in [0.717, 1.165) is 25.9 Å². The van der Waals surface area contributed by atoms with Gasteiger partial charge in [-0.05, 0) is 37.1 Å². The smallest absolute Gasteiger partial charge is 0.269 e. The van der Waals surface area contributed by atoms with Crippen LogP contribution < -0.4 is 15.6 Å². The molecule has 4 rings (SSSR count). The van der Waals surface area contributed by atoms with Crippen LogP contribution >= 0.6 is 23.2 Å². The molecule has 2 aromatic carbocycles. The molecule has 12 heteroatoms. The summed E-state index contributed by atoms with van der Waals surface area (Å²) >= 11 is 12.4. The standard InChI is InChI=1S/C22H22Cl2N8O2/c23-18-6-5-7-19(24)17(18)14-25-30-21-27-20(26-15-8-10-16(11-9-15)32(33)34)28-22(29-21)31-12-3-1-2-4-13-31/h5-11,14H,1-4,12-13H2,(H2,26,27,28,29,30). The Morgan fingerprint density at radius 1 is 0.941 bits per heavy atom. The van der Waals surface area contributed by atoms with Gasteiger partial charge < -0.3 is 10.2 Å². The van der Waals surface area contributed by atoms with Gasteiger partial charge >= 0.3 is 0 Å². The summed E-state index contributed by atoms with van der Waals surface area (Å²) in [6, 6.07) is 11.2. The second-order valence-corrected chi connectivity index (χ2v) is 8.43. The molecule has 34 heavy (non-hydrogen) atoms. The average Bonchev–Trinajstić information content (AvgIpc) is 3.11. The van der Waals surface area contributed by atoms with E-state index >= 15 is 0 Å². The fourth-order valence-electron chi connectivity index (χ4n) is 3.47. The van der Waals surface area contributed by atoms with Gasteiger partial charge in [-0.15, -0.1) is 0 Å². The summed E-state index contributed by atoms with van der Waals surface area (Å²) in [4.78, 5) is 26.1. The quantitative estimate of drug-likeness (QED) is 0.242. The molecule has 2 heterocycles. The second kappa shape index (κ2) is 11.1. The van der Waals surface area contributed by atoms with Gasteiger partial charge in [-0.3, -0.25) is 10.1 Å². The highest BCUT2D eigenvalue weighted by molar-refractivity contribution is 6.38. The van der Waals surface area contributed by atoms with Crippen LogP contribution in [0.5, 0.6) is 0 Å². The average molecular weight is 501 g/mol. The highest BCUT2D eigenvalue weighted by atomic mass is 35.5. The highest BCUT2D eigenvalue weighted by Crippen LogP contribution is 2.24. The number of hydrazone groups is 1. The predicted molar refractivity (Wildman–Crippen MR) is 135 cm³/mol. The summed E-state index contributed by atoms with van der Waals surface area (Å²) in [5.41, 5.74) is 4.01. The molecule has 1 aromatic heterocycles. The number of nitro benzene ring substituents is 1. The first-order valence-corrected chi connectivity index (χ1v) is 11.5. The molecular formula is C22H22Cl2N8O2. The van der Waals surface area contributed by atoms with Crippen molar-refractivity contribution in [1.82, 2.24) is 15.0 Å². The number of aromatic nitrogens is 3. The number of halogens is 2. The van der Waals surface area contributed by atoms with E-state index in [1.165, 1.54) is 31.2 Å². The Hall–Kier alpha value is -3.50. The van der Waals surface area contributed by atoms with E-state index in [1.54, 1.807) is 30.3 Å². The molecule has 2 N–H and O–H groups in total. The van der Waals surface area contributed by atoms with Gasteiger partial charge in [-0.25, -0.2) is 5.43 Å². The second-order valence-electron chi connectivity index (χ2n) is 7.62. The largest absolute Gasteiger partial charge is 0.341 e. The van der Waals surface area contributed by atoms with Crippen molar-refractivity contribution in [2.45, 2.75) is 25.7 Å². The minimum atomic E-state index is -0.449. The topological polar surface area (TPSA) is 121 Å². The van der Waals surface area contributed by atoms with E-state index in [4.69, 9.17) is 23.2 Å². The Morgan fingerprint density at radius 2 is 1.59 bits per heavy atom. The van der Waals surface area contributed by atoms with Crippen LogP contribution in [0.4, 0.5) is 29.2 Å². The first-order chi connectivity index (χ1) is 16.5. The van der Waals surface area contributed by atoms with Gasteiger partial charge in [0, 0.05) is 36.5 Å². The lowest BCUT2D eigenvalue weighted by molar-refractivity contribution is -0.384. The Balaban J connectivity index is 1.59. The lowest BCUT2D eigenvalue weighted by Gasteiger charge is -2.21. The highest BCUT2D eigenvalue weighted by Gasteiger charge is 2.16. The monoisotopic (exact) mass is 500 g/mol. The summed E-state index contributed by atoms with van der Waals surface area (Å²) in [7, 11) is 0. The number of non-ortho nitro benzene ring substituents is 1. The Bertz CT molecular complexity index is 1160. The molecule has 1 aliphatic heterocycles. The molecule has 0 bridgehead atoms. The van der Waals surface area contributed by atoms with Crippen LogP contribution in [0.2, 0.25) is 10.0 Å². The lowest BCUT2D eigenvalue weighted by Crippen LogP contribution is -2.26. The number of anilines is 4. The maximum absolute atomic E-state index is 10.9. The van der Waals surface area contributed by atoms with Crippen LogP contribution in [0, 0.1) is 10.1 Å². The third-order valence-electron chi connectivity index (χ3n) is 5.20. The van der Waals surface area contributed by atoms with Crippen molar-refractivity contribution in [2.75, 3.05) is 28.7 Å². The van der Waals surface area contributed by atoms with Gasteiger partial charge in [-0.1, -0.05) is 42.1 Å². The van der Waals surface area contributed by atoms with Crippen LogP contribution in [0.15, 0.2) is 47.6 Å². The summed E-state index contributed by atoms with van der Waals surface area (Å²) in [6.45, 7) is 1.69. The van der Waals surface area contributed by atoms with Crippen LogP contribution in [-0.2, 0) is 0 Å². The van der Waals surface area contributed by atoms with Gasteiger partial charge in [0.25, 0.3) is 5.69 Å². The molecule has 1 aliphatic rings. The molecule has 176 valence electrons. The van der Waals surface area contributed by atoms with E-state index < -0.39 is 4.92 Å². The van der Waals surface area contributed by atoms with Gasteiger partial charge in [0.15, 0.2) is 0 Å². The molecule has 1 saturated heterocycles. The summed E-state index contributed by atoms with van der Waals surface area (Å²) in [5, 5.41) is 19.1. The molecule has 0 radical (unpaired) electrons. The van der Waals surface area contributed by atoms with Crippen LogP contribution in [0.3, 0.4) is 0 Å². The number of hydrogen-bond donors (Lipinski definition) is 2. The molecule has 10 nitrogen and oxygen atoms in total. The lowest BCUT2D eigenvalue weighted by atomic mass is 10.2. The van der Waals surface area contributed by atoms with Gasteiger partial charge in [-0.2, -0.15) is 20.1 Å². The Morgan fingerprint density at radius 3 is 2.24 bits per heavy atom. The molecule has 0 saturated carbocycles. The third kappa shape index (κ3) is 6.09. The van der Waals surface area contributed by atoms with E-state index in [2.05, 4.69) is 35.7 Å². The molecule has 0 unspecified atom stereocenters. The van der Waals surface area contributed by atoms with Gasteiger partial charge in [0.2, 0.25) is 17.8 Å². The molecule has 1 fully saturated rings. The molecule has 0 atom stereocenters. The Kier molecular flexibility index (Phi) is 7.71. The number of nitro groups is 1. The van der Waals surface area contributed by atoms with E-state index in [0.29, 0.717) is 27.2 Å². The molecule has 0 spiro atoms. The molecular weight excluding hydrogens is 479 g/mol. The fraction of sp³-hybridized carbons (Fsp3) is 0.273. The van der Waals surface area contributed by atoms with Crippen molar-refractivity contribution in [3.8, 4) is 0 Å². The van der Waals surface area contributed by atoms with Crippen molar-refractivity contribution in [1.29, 1.82) is 0 Å². The maximum atomic E-state index is 10.9. The van der Waals surface area contributed by atoms with Crippen molar-refractivity contribution < 1.29 is 4.92 Å². The van der Waals surface area contributed by atoms with Crippen molar-refractivity contribution in [2.24, 2.45) is 5.10 Å². The zero-order chi connectivity index (χ0) is 23.9. The van der Waals surface area contributed by atoms with Crippen LogP contribution in [-0.4, -0.2) is 39.2 Å². The summed E-state index contributed by atoms with van der Waals surface area (Å²) in [5.74, 6) is 1.05. The zero-order valence-corrected chi connectivity index (χ0v) is 19.6. The third-order valence-corrected chi connectivity index (χ3v) is 5.86. The van der Waals surface area contributed by atoms with E-state index in [-0.39, 0.29) is 17.6 Å². The SMILES string of the molecule is O=[N+]([O-])c1ccc(Nc2nc(NN=Cc3c(Cl)cccc3Cl)nc(N3CCCCCC3)n2)cc1. The number of benzene rings is 2. The van der Waals surface area contributed by atoms with Crippen molar-refractivity contribution >= 4 is 58.6 Å². The van der Waals surface area contributed by atoms with Crippen molar-refractivity contribution in [3.05, 3.63) is 68.2 Å². The van der Waals surface area contributed by atoms with Gasteiger partial charge in [0.1, 0.15) is 0 Å². The number of nitrogens with one attached hydrogen (secondary N) is 2. The van der Waals surface area contributed by atoms with E-state index in [9.17, 15) is 10.1 Å². The van der Waals surface area contributed by atoms with E-state index in [1.807, 2.05) is 0 Å². The van der Waals surface area contributed by atoms with Gasteiger partial charge in [0.05, 0.1) is 21.2 Å². The van der Waals surface area contributed by atoms with Crippen molar-refractivity contribution in [3.63, 3.8) is 0 Å². The number of hydrogen-bond acceptors (Lipinski definition) is 9. The molecule has 0 aliphatic carbocycles. The summed E-state index contributed by atoms with van der Waals surface area (Å²) in [6.07, 6.45) is 5.96. The summed E-state index contributed by atoms with van der Waals surface area (Å²) < 4.78 is 0. The number of rotatable bonds is 7. The van der Waals surface area contributed by atoms with Crippen LogP contribution in [0.1, 0.15) is 31.2 Å². The molecule has 3 aromatic rings. The fourth-order valence-corrected chi connectivity index (χ4v) is 3.96. The Labute approximate surface area is 206 Å². The maximum Gasteiger partial charge on any atom is 0.269 e. The van der Waals surface area contributed by atoms with Crippen LogP contribution in [0.25, 0.3) is 0 Å². The normalized spacial score (nSPS) is 14.1.